The van der Waals surface area contributed by atoms with Crippen LogP contribution in [-0.2, 0) is 7.05 Å². The molecule has 0 spiro atoms. The van der Waals surface area contributed by atoms with Crippen LogP contribution in [0.2, 0.25) is 0 Å². The molecule has 4 nitrogen and oxygen atoms in total. The molecule has 2 rings (SSSR count). The van der Waals surface area contributed by atoms with E-state index >= 15 is 0 Å². The van der Waals surface area contributed by atoms with Crippen LogP contribution in [0.1, 0.15) is 32.9 Å². The van der Waals surface area contributed by atoms with Crippen molar-refractivity contribution in [1.29, 1.82) is 10.7 Å². The van der Waals surface area contributed by atoms with Crippen molar-refractivity contribution in [2.75, 3.05) is 0 Å². The largest absolute Gasteiger partial charge is 0.333 e. The van der Waals surface area contributed by atoms with Crippen LogP contribution < -0.4 is 0 Å². The molecule has 2 atom stereocenters. The van der Waals surface area contributed by atoms with Gasteiger partial charge in [0.1, 0.15) is 6.07 Å². The lowest BCUT2D eigenvalue weighted by atomic mass is 10.1. The Kier molecular flexibility index (Phi) is 4.69. The number of hydrogen-bond acceptors (Lipinski definition) is 4. The maximum Gasteiger partial charge on any atom is 0.102 e. The summed E-state index contributed by atoms with van der Waals surface area (Å²) in [5.41, 5.74) is 3.90. The zero-order valence-electron chi connectivity index (χ0n) is 12.8. The molecule has 110 valence electrons. The fourth-order valence-corrected chi connectivity index (χ4v) is 4.18. The van der Waals surface area contributed by atoms with Crippen LogP contribution in [0.25, 0.3) is 5.57 Å². The molecular formula is C16H20N4S. The van der Waals surface area contributed by atoms with Crippen molar-refractivity contribution >= 4 is 23.5 Å². The van der Waals surface area contributed by atoms with Gasteiger partial charge in [0, 0.05) is 23.4 Å². The number of allylic oxidation sites excluding steroid dienone is 3. The molecule has 0 aliphatic heterocycles. The fraction of sp³-hybridized carbons (Fsp3) is 0.438. The molecule has 1 aliphatic carbocycles. The first-order valence-corrected chi connectivity index (χ1v) is 7.82. The van der Waals surface area contributed by atoms with Crippen LogP contribution in [0.3, 0.4) is 0 Å². The number of nitriles is 1. The van der Waals surface area contributed by atoms with Gasteiger partial charge in [0.15, 0.2) is 0 Å². The second-order valence-corrected chi connectivity index (χ2v) is 6.89. The van der Waals surface area contributed by atoms with Crippen molar-refractivity contribution in [3.63, 3.8) is 0 Å². The van der Waals surface area contributed by atoms with Crippen molar-refractivity contribution in [1.82, 2.24) is 9.55 Å². The monoisotopic (exact) mass is 300 g/mol. The minimum Gasteiger partial charge on any atom is -0.333 e. The molecule has 1 N–H and O–H groups in total. The summed E-state index contributed by atoms with van der Waals surface area (Å²) in [6, 6.07) is 2.30. The third-order valence-electron chi connectivity index (χ3n) is 3.94. The molecule has 2 unspecified atom stereocenters. The van der Waals surface area contributed by atoms with Crippen LogP contribution in [0.4, 0.5) is 0 Å². The maximum absolute atomic E-state index is 9.49. The van der Waals surface area contributed by atoms with E-state index in [1.165, 1.54) is 11.8 Å². The Hall–Kier alpha value is -1.80. The smallest absolute Gasteiger partial charge is 0.102 e. The molecule has 0 amide bonds. The summed E-state index contributed by atoms with van der Waals surface area (Å²) in [6.07, 6.45) is 5.93. The number of rotatable bonds is 4. The molecule has 1 aromatic heterocycles. The summed E-state index contributed by atoms with van der Waals surface area (Å²) in [5.74, 6) is 0.494. The van der Waals surface area contributed by atoms with Gasteiger partial charge in [0.25, 0.3) is 0 Å². The minimum absolute atomic E-state index is 0.263. The van der Waals surface area contributed by atoms with Gasteiger partial charge in [0.05, 0.1) is 23.8 Å². The molecule has 0 radical (unpaired) electrons. The average molecular weight is 300 g/mol. The van der Waals surface area contributed by atoms with E-state index in [1.54, 1.807) is 24.3 Å². The van der Waals surface area contributed by atoms with E-state index in [-0.39, 0.29) is 5.25 Å². The first-order chi connectivity index (χ1) is 9.99. The topological polar surface area (TPSA) is 65.5 Å². The van der Waals surface area contributed by atoms with Crippen molar-refractivity contribution < 1.29 is 0 Å². The van der Waals surface area contributed by atoms with E-state index in [2.05, 4.69) is 24.9 Å². The quantitative estimate of drug-likeness (QED) is 0.679. The highest BCUT2D eigenvalue weighted by atomic mass is 32.2. The summed E-state index contributed by atoms with van der Waals surface area (Å²) in [4.78, 5) is 5.08. The van der Waals surface area contributed by atoms with Gasteiger partial charge in [-0.05, 0) is 31.8 Å². The van der Waals surface area contributed by atoms with E-state index in [4.69, 9.17) is 5.41 Å². The number of aromatic nitrogens is 2. The van der Waals surface area contributed by atoms with Crippen LogP contribution in [0.5, 0.6) is 0 Å². The summed E-state index contributed by atoms with van der Waals surface area (Å²) in [5, 5.41) is 17.4. The molecule has 0 saturated heterocycles. The van der Waals surface area contributed by atoms with E-state index in [9.17, 15) is 5.26 Å². The third-order valence-corrected chi connectivity index (χ3v) is 5.47. The highest BCUT2D eigenvalue weighted by molar-refractivity contribution is 8.04. The molecule has 0 bridgehead atoms. The first-order valence-electron chi connectivity index (χ1n) is 6.94. The Bertz CT molecular complexity index is 660. The van der Waals surface area contributed by atoms with E-state index in [0.717, 1.165) is 22.6 Å². The van der Waals surface area contributed by atoms with Gasteiger partial charge in [-0.2, -0.15) is 5.26 Å². The molecule has 0 aromatic carbocycles. The molecule has 21 heavy (non-hydrogen) atoms. The third kappa shape index (κ3) is 2.96. The van der Waals surface area contributed by atoms with Crippen molar-refractivity contribution in [3.05, 3.63) is 34.3 Å². The SMILES string of the molecule is CC1=C(C=N)C(S/C(C)=C(\C#N)c2cncn2C)C(C)C1. The van der Waals surface area contributed by atoms with Crippen molar-refractivity contribution in [2.24, 2.45) is 13.0 Å². The predicted octanol–water partition coefficient (Wildman–Crippen LogP) is 3.78. The van der Waals surface area contributed by atoms with Gasteiger partial charge in [-0.1, -0.05) is 12.5 Å². The molecule has 1 aliphatic rings. The Morgan fingerprint density at radius 3 is 2.86 bits per heavy atom. The Morgan fingerprint density at radius 2 is 2.33 bits per heavy atom. The van der Waals surface area contributed by atoms with Crippen LogP contribution >= 0.6 is 11.8 Å². The summed E-state index contributed by atoms with van der Waals surface area (Å²) >= 11 is 1.70. The highest BCUT2D eigenvalue weighted by Crippen LogP contribution is 2.42. The number of aryl methyl sites for hydroxylation is 1. The fourth-order valence-electron chi connectivity index (χ4n) is 2.81. The molecule has 5 heteroatoms. The van der Waals surface area contributed by atoms with Crippen LogP contribution in [-0.4, -0.2) is 21.0 Å². The molecule has 1 aromatic rings. The van der Waals surface area contributed by atoms with Crippen molar-refractivity contribution in [2.45, 2.75) is 32.4 Å². The number of thioether (sulfide) groups is 1. The van der Waals surface area contributed by atoms with Gasteiger partial charge in [-0.25, -0.2) is 4.98 Å². The zero-order valence-corrected chi connectivity index (χ0v) is 13.7. The average Bonchev–Trinajstić information content (AvgIpc) is 2.96. The first kappa shape index (κ1) is 15.6. The lowest BCUT2D eigenvalue weighted by molar-refractivity contribution is 0.637. The standard InChI is InChI=1S/C16H20N4S/c1-10-5-11(2)16(13(10)6-17)21-12(3)14(7-18)15-8-19-9-20(15)4/h6,8-9,11,16-17H,5H2,1-4H3/b14-12+,17-6?. The van der Waals surface area contributed by atoms with Crippen LogP contribution in [0, 0.1) is 22.7 Å². The summed E-state index contributed by atoms with van der Waals surface area (Å²) < 4.78 is 1.86. The summed E-state index contributed by atoms with van der Waals surface area (Å²) in [7, 11) is 1.89. The number of imidazole rings is 1. The molecule has 0 fully saturated rings. The van der Waals surface area contributed by atoms with Crippen LogP contribution in [0.15, 0.2) is 28.6 Å². The highest BCUT2D eigenvalue weighted by Gasteiger charge is 2.30. The van der Waals surface area contributed by atoms with E-state index < -0.39 is 0 Å². The maximum atomic E-state index is 9.49. The Labute approximate surface area is 130 Å². The van der Waals surface area contributed by atoms with E-state index in [1.807, 2.05) is 18.5 Å². The van der Waals surface area contributed by atoms with Gasteiger partial charge in [-0.15, -0.1) is 11.8 Å². The Balaban J connectivity index is 2.34. The molecule has 0 saturated carbocycles. The second-order valence-electron chi connectivity index (χ2n) is 5.53. The Morgan fingerprint density at radius 1 is 1.62 bits per heavy atom. The molecule has 1 heterocycles. The van der Waals surface area contributed by atoms with Gasteiger partial charge in [0.2, 0.25) is 0 Å². The number of hydrogen-bond donors (Lipinski definition) is 1. The lowest BCUT2D eigenvalue weighted by Crippen LogP contribution is -2.12. The van der Waals surface area contributed by atoms with Gasteiger partial charge >= 0.3 is 0 Å². The number of nitrogens with one attached hydrogen (secondary N) is 1. The minimum atomic E-state index is 0.263. The summed E-state index contributed by atoms with van der Waals surface area (Å²) in [6.45, 7) is 6.29. The lowest BCUT2D eigenvalue weighted by Gasteiger charge is -2.18. The van der Waals surface area contributed by atoms with Crippen molar-refractivity contribution in [3.8, 4) is 6.07 Å². The molecular weight excluding hydrogens is 280 g/mol. The van der Waals surface area contributed by atoms with Gasteiger partial charge in [-0.3, -0.25) is 0 Å². The normalized spacial score (nSPS) is 23.0. The van der Waals surface area contributed by atoms with E-state index in [0.29, 0.717) is 11.5 Å². The zero-order chi connectivity index (χ0) is 15.6. The second kappa shape index (κ2) is 6.31. The van der Waals surface area contributed by atoms with Gasteiger partial charge < -0.3 is 9.98 Å². The predicted molar refractivity (Wildman–Crippen MR) is 88.1 cm³/mol. The number of nitrogens with zero attached hydrogens (tertiary/aromatic N) is 3.